The van der Waals surface area contributed by atoms with E-state index in [9.17, 15) is 9.59 Å². The molecule has 0 atom stereocenters. The third-order valence-electron chi connectivity index (χ3n) is 3.36. The van der Waals surface area contributed by atoms with Crippen molar-refractivity contribution in [2.24, 2.45) is 0 Å². The van der Waals surface area contributed by atoms with Gasteiger partial charge in [0.15, 0.2) is 11.5 Å². The molecule has 132 valence electrons. The van der Waals surface area contributed by atoms with Gasteiger partial charge in [0.2, 0.25) is 0 Å². The molecule has 0 aromatic heterocycles. The van der Waals surface area contributed by atoms with Crippen molar-refractivity contribution in [1.82, 2.24) is 0 Å². The van der Waals surface area contributed by atoms with E-state index >= 15 is 0 Å². The lowest BCUT2D eigenvalue weighted by atomic mass is 10.1. The summed E-state index contributed by atoms with van der Waals surface area (Å²) in [7, 11) is 0. The molecule has 0 spiro atoms. The summed E-state index contributed by atoms with van der Waals surface area (Å²) < 4.78 is 10.7. The minimum atomic E-state index is -0.388. The first kappa shape index (κ1) is 20.2. The van der Waals surface area contributed by atoms with Gasteiger partial charge >= 0.3 is 11.9 Å². The van der Waals surface area contributed by atoms with Gasteiger partial charge in [0, 0.05) is 12.8 Å². The summed E-state index contributed by atoms with van der Waals surface area (Å²) in [5.74, 6) is -0.462. The summed E-state index contributed by atoms with van der Waals surface area (Å²) in [5.41, 5.74) is 0.835. The van der Waals surface area contributed by atoms with E-state index < -0.39 is 0 Å². The largest absolute Gasteiger partial charge is 0.422 e. The highest BCUT2D eigenvalue weighted by Gasteiger charge is 2.18. The van der Waals surface area contributed by atoms with E-state index in [-0.39, 0.29) is 28.5 Å². The van der Waals surface area contributed by atoms with Crippen LogP contribution >= 0.6 is 11.6 Å². The minimum Gasteiger partial charge on any atom is -0.422 e. The molecule has 0 unspecified atom stereocenters. The Balaban J connectivity index is 3.02. The number of hydrogen-bond donors (Lipinski definition) is 0. The Bertz CT molecular complexity index is 581. The number of carbonyl (C=O) groups is 2. The number of carbonyl (C=O) groups excluding carboxylic acids is 2. The summed E-state index contributed by atoms with van der Waals surface area (Å²) in [6.07, 6.45) is 6.16. The number of unbranched alkanes of at least 4 members (excludes halogenated alkanes) is 2. The van der Waals surface area contributed by atoms with E-state index in [0.717, 1.165) is 31.2 Å². The maximum Gasteiger partial charge on any atom is 0.311 e. The molecule has 1 aromatic carbocycles. The van der Waals surface area contributed by atoms with Crippen LogP contribution in [0.2, 0.25) is 5.02 Å². The van der Waals surface area contributed by atoms with Crippen LogP contribution in [0, 0.1) is 0 Å². The van der Waals surface area contributed by atoms with Gasteiger partial charge in [-0.15, -0.1) is 6.58 Å². The van der Waals surface area contributed by atoms with Crippen molar-refractivity contribution in [2.75, 3.05) is 0 Å². The molecule has 1 rings (SSSR count). The summed E-state index contributed by atoms with van der Waals surface area (Å²) in [6, 6.07) is 3.36. The van der Waals surface area contributed by atoms with Gasteiger partial charge in [-0.1, -0.05) is 44.4 Å². The second kappa shape index (κ2) is 10.9. The van der Waals surface area contributed by atoms with Crippen molar-refractivity contribution in [3.05, 3.63) is 35.4 Å². The van der Waals surface area contributed by atoms with E-state index in [2.05, 4.69) is 6.58 Å². The molecule has 0 amide bonds. The molecular weight excluding hydrogens is 328 g/mol. The van der Waals surface area contributed by atoms with Gasteiger partial charge in [-0.3, -0.25) is 9.59 Å². The first-order valence-electron chi connectivity index (χ1n) is 8.36. The smallest absolute Gasteiger partial charge is 0.311 e. The van der Waals surface area contributed by atoms with Crippen molar-refractivity contribution in [3.63, 3.8) is 0 Å². The first-order chi connectivity index (χ1) is 11.5. The summed E-state index contributed by atoms with van der Waals surface area (Å²) >= 11 is 6.23. The van der Waals surface area contributed by atoms with Crippen LogP contribution in [0.1, 0.15) is 57.9 Å². The maximum atomic E-state index is 11.9. The number of benzene rings is 1. The molecule has 0 aliphatic carbocycles. The van der Waals surface area contributed by atoms with Crippen LogP contribution in [0.15, 0.2) is 24.8 Å². The zero-order valence-corrected chi connectivity index (χ0v) is 15.2. The average molecular weight is 353 g/mol. The summed E-state index contributed by atoms with van der Waals surface area (Å²) in [6.45, 7) is 7.67. The Labute approximate surface area is 148 Å². The first-order valence-corrected chi connectivity index (χ1v) is 8.74. The Morgan fingerprint density at radius 2 is 1.67 bits per heavy atom. The number of allylic oxidation sites excluding steroid dienone is 1. The highest BCUT2D eigenvalue weighted by atomic mass is 35.5. The molecule has 0 saturated heterocycles. The van der Waals surface area contributed by atoms with Gasteiger partial charge < -0.3 is 9.47 Å². The van der Waals surface area contributed by atoms with Crippen LogP contribution in [0.25, 0.3) is 0 Å². The topological polar surface area (TPSA) is 52.6 Å². The lowest BCUT2D eigenvalue weighted by Gasteiger charge is -2.13. The molecule has 0 bridgehead atoms. The van der Waals surface area contributed by atoms with Crippen molar-refractivity contribution >= 4 is 23.5 Å². The lowest BCUT2D eigenvalue weighted by Crippen LogP contribution is -2.12. The SMILES string of the molecule is C=CCc1cc(Cl)c(OC(=O)CCCC)c(OC(=O)CCCC)c1. The zero-order chi connectivity index (χ0) is 17.9. The third kappa shape index (κ3) is 6.75. The molecule has 0 radical (unpaired) electrons. The van der Waals surface area contributed by atoms with Crippen LogP contribution in [-0.2, 0) is 16.0 Å². The number of hydrogen-bond acceptors (Lipinski definition) is 4. The van der Waals surface area contributed by atoms with E-state index in [1.807, 2.05) is 13.8 Å². The van der Waals surface area contributed by atoms with E-state index in [1.54, 1.807) is 18.2 Å². The normalized spacial score (nSPS) is 10.3. The second-order valence-electron chi connectivity index (χ2n) is 5.55. The van der Waals surface area contributed by atoms with Crippen LogP contribution in [0.3, 0.4) is 0 Å². The molecule has 0 heterocycles. The Hall–Kier alpha value is -1.81. The molecule has 0 N–H and O–H groups in total. The Kier molecular flexibility index (Phi) is 9.16. The van der Waals surface area contributed by atoms with E-state index in [1.165, 1.54) is 0 Å². The van der Waals surface area contributed by atoms with Crippen molar-refractivity contribution in [1.29, 1.82) is 0 Å². The fraction of sp³-hybridized carbons (Fsp3) is 0.474. The predicted molar refractivity (Wildman–Crippen MR) is 95.7 cm³/mol. The molecule has 0 saturated carbocycles. The van der Waals surface area contributed by atoms with E-state index in [0.29, 0.717) is 19.3 Å². The zero-order valence-electron chi connectivity index (χ0n) is 14.4. The van der Waals surface area contributed by atoms with Crippen LogP contribution in [-0.4, -0.2) is 11.9 Å². The van der Waals surface area contributed by atoms with Gasteiger partial charge in [-0.05, 0) is 37.0 Å². The monoisotopic (exact) mass is 352 g/mol. The standard InChI is InChI=1S/C19H25ClO4/c1-4-7-10-17(21)23-16-13-14(9-6-3)12-15(20)19(16)24-18(22)11-8-5-2/h6,12-13H,3-5,7-11H2,1-2H3. The molecule has 4 nitrogen and oxygen atoms in total. The predicted octanol–water partition coefficient (Wildman–Crippen LogP) is 5.26. The van der Waals surface area contributed by atoms with E-state index in [4.69, 9.17) is 21.1 Å². The second-order valence-corrected chi connectivity index (χ2v) is 5.96. The van der Waals surface area contributed by atoms with Crippen molar-refractivity contribution in [2.45, 2.75) is 58.8 Å². The lowest BCUT2D eigenvalue weighted by molar-refractivity contribution is -0.137. The van der Waals surface area contributed by atoms with Crippen molar-refractivity contribution < 1.29 is 19.1 Å². The Morgan fingerprint density at radius 1 is 1.08 bits per heavy atom. The highest BCUT2D eigenvalue weighted by Crippen LogP contribution is 2.37. The third-order valence-corrected chi connectivity index (χ3v) is 3.64. The van der Waals surface area contributed by atoms with Crippen LogP contribution in [0.4, 0.5) is 0 Å². The minimum absolute atomic E-state index is 0.107. The summed E-state index contributed by atoms with van der Waals surface area (Å²) in [5, 5.41) is 0.248. The van der Waals surface area contributed by atoms with Crippen LogP contribution in [0.5, 0.6) is 11.5 Å². The fourth-order valence-electron chi connectivity index (χ4n) is 2.06. The number of ether oxygens (including phenoxy) is 2. The highest BCUT2D eigenvalue weighted by molar-refractivity contribution is 6.32. The molecule has 0 aliphatic rings. The van der Waals surface area contributed by atoms with Gasteiger partial charge in [-0.2, -0.15) is 0 Å². The molecule has 0 fully saturated rings. The number of rotatable bonds is 10. The molecular formula is C19H25ClO4. The maximum absolute atomic E-state index is 11.9. The van der Waals surface area contributed by atoms with Gasteiger partial charge in [0.1, 0.15) is 0 Å². The fourth-order valence-corrected chi connectivity index (χ4v) is 2.33. The van der Waals surface area contributed by atoms with Gasteiger partial charge in [0.05, 0.1) is 5.02 Å². The molecule has 1 aromatic rings. The van der Waals surface area contributed by atoms with Gasteiger partial charge in [0.25, 0.3) is 0 Å². The molecule has 5 heteroatoms. The number of halogens is 1. The number of esters is 2. The molecule has 24 heavy (non-hydrogen) atoms. The van der Waals surface area contributed by atoms with Crippen LogP contribution < -0.4 is 9.47 Å². The Morgan fingerprint density at radius 3 is 2.21 bits per heavy atom. The summed E-state index contributed by atoms with van der Waals surface area (Å²) in [4.78, 5) is 23.8. The molecule has 0 aliphatic heterocycles. The van der Waals surface area contributed by atoms with Gasteiger partial charge in [-0.25, -0.2) is 0 Å². The van der Waals surface area contributed by atoms with Crippen molar-refractivity contribution in [3.8, 4) is 11.5 Å². The quantitative estimate of drug-likeness (QED) is 0.327. The average Bonchev–Trinajstić information content (AvgIpc) is 2.54.